The Labute approximate surface area is 153 Å². The Bertz CT molecular complexity index is 1130. The van der Waals surface area contributed by atoms with Gasteiger partial charge in [0.25, 0.3) is 0 Å². The molecule has 0 aromatic carbocycles. The molecule has 3 aromatic heterocycles. The predicted molar refractivity (Wildman–Crippen MR) is 91.4 cm³/mol. The lowest BCUT2D eigenvalue weighted by molar-refractivity contribution is -0.141. The molecule has 1 saturated carbocycles. The Hall–Kier alpha value is -2.49. The second-order valence-corrected chi connectivity index (χ2v) is 8.71. The van der Waals surface area contributed by atoms with Gasteiger partial charge >= 0.3 is 6.18 Å². The van der Waals surface area contributed by atoms with Crippen LogP contribution in [-0.2, 0) is 16.0 Å². The summed E-state index contributed by atoms with van der Waals surface area (Å²) in [4.78, 5) is 7.70. The summed E-state index contributed by atoms with van der Waals surface area (Å²) in [5.74, 6) is 0.273. The minimum atomic E-state index is -4.58. The van der Waals surface area contributed by atoms with Crippen molar-refractivity contribution in [2.24, 2.45) is 0 Å². The van der Waals surface area contributed by atoms with E-state index in [0.29, 0.717) is 11.3 Å². The van der Waals surface area contributed by atoms with E-state index in [1.165, 1.54) is 17.8 Å². The molecule has 1 aliphatic carbocycles. The molecular weight excluding hydrogens is 381 g/mol. The van der Waals surface area contributed by atoms with Gasteiger partial charge in [-0.15, -0.1) is 0 Å². The zero-order chi connectivity index (χ0) is 19.4. The van der Waals surface area contributed by atoms with Gasteiger partial charge in [0.1, 0.15) is 10.6 Å². The molecule has 1 fully saturated rings. The molecule has 6 nitrogen and oxygen atoms in total. The van der Waals surface area contributed by atoms with E-state index in [1.807, 2.05) is 0 Å². The Morgan fingerprint density at radius 3 is 2.56 bits per heavy atom. The molecule has 0 radical (unpaired) electrons. The summed E-state index contributed by atoms with van der Waals surface area (Å²) in [6.07, 6.45) is 1.49. The molecule has 0 N–H and O–H groups in total. The molecule has 0 unspecified atom stereocenters. The molecule has 0 aliphatic heterocycles. The van der Waals surface area contributed by atoms with Crippen LogP contribution in [0.1, 0.15) is 36.9 Å². The molecule has 0 spiro atoms. The Balaban J connectivity index is 1.87. The number of sulfone groups is 1. The van der Waals surface area contributed by atoms with E-state index in [1.54, 1.807) is 12.3 Å². The highest BCUT2D eigenvalue weighted by Crippen LogP contribution is 2.41. The van der Waals surface area contributed by atoms with Crippen molar-refractivity contribution < 1.29 is 21.6 Å². The average Bonchev–Trinajstić information content (AvgIpc) is 3.38. The van der Waals surface area contributed by atoms with E-state index >= 15 is 0 Å². The van der Waals surface area contributed by atoms with E-state index in [2.05, 4.69) is 15.1 Å². The van der Waals surface area contributed by atoms with E-state index in [-0.39, 0.29) is 22.0 Å². The van der Waals surface area contributed by atoms with Crippen LogP contribution in [0.15, 0.2) is 35.6 Å². The standard InChI is InChI=1S/C17H15F3N4O2S/c1-2-27(25,26)14-5-11(10-3-4-10)7-22-16(14)24-9-12-8-21-15(17(18,19)20)6-13(12)23-24/h5-10H,2-4H2,1H3. The van der Waals surface area contributed by atoms with Gasteiger partial charge in [-0.3, -0.25) is 4.98 Å². The minimum absolute atomic E-state index is 0.0335. The molecule has 3 heterocycles. The normalized spacial score (nSPS) is 15.4. The maximum Gasteiger partial charge on any atom is 0.433 e. The fourth-order valence-corrected chi connectivity index (χ4v) is 3.88. The van der Waals surface area contributed by atoms with Gasteiger partial charge in [-0.2, -0.15) is 18.3 Å². The van der Waals surface area contributed by atoms with Crippen LogP contribution in [0.4, 0.5) is 13.2 Å². The second kappa shape index (κ2) is 6.01. The quantitative estimate of drug-likeness (QED) is 0.675. The molecule has 142 valence electrons. The molecule has 0 amide bonds. The third-order valence-electron chi connectivity index (χ3n) is 4.51. The van der Waals surface area contributed by atoms with Gasteiger partial charge in [-0.25, -0.2) is 18.1 Å². The summed E-state index contributed by atoms with van der Waals surface area (Å²) in [6.45, 7) is 1.53. The largest absolute Gasteiger partial charge is 0.433 e. The molecular formula is C17H15F3N4O2S. The molecule has 0 bridgehead atoms. The van der Waals surface area contributed by atoms with E-state index in [9.17, 15) is 21.6 Å². The van der Waals surface area contributed by atoms with Gasteiger partial charge in [-0.1, -0.05) is 6.92 Å². The maximum atomic E-state index is 12.8. The van der Waals surface area contributed by atoms with Crippen molar-refractivity contribution in [3.63, 3.8) is 0 Å². The van der Waals surface area contributed by atoms with Crippen LogP contribution >= 0.6 is 0 Å². The lowest BCUT2D eigenvalue weighted by Gasteiger charge is -2.10. The van der Waals surface area contributed by atoms with Crippen molar-refractivity contribution in [2.75, 3.05) is 5.75 Å². The first-order valence-corrected chi connectivity index (χ1v) is 10.00. The van der Waals surface area contributed by atoms with Crippen LogP contribution < -0.4 is 0 Å². The molecule has 27 heavy (non-hydrogen) atoms. The van der Waals surface area contributed by atoms with Crippen LogP contribution in [0.3, 0.4) is 0 Å². The van der Waals surface area contributed by atoms with Crippen LogP contribution in [0, 0.1) is 0 Å². The first-order chi connectivity index (χ1) is 12.7. The zero-order valence-electron chi connectivity index (χ0n) is 14.2. The number of fused-ring (bicyclic) bond motifs is 1. The average molecular weight is 396 g/mol. The third kappa shape index (κ3) is 3.29. The number of halogens is 3. The summed E-state index contributed by atoms with van der Waals surface area (Å²) in [6, 6.07) is 2.43. The van der Waals surface area contributed by atoms with Gasteiger partial charge in [0.05, 0.1) is 11.3 Å². The molecule has 0 saturated heterocycles. The topological polar surface area (TPSA) is 77.7 Å². The predicted octanol–water partition coefficient (Wildman–Crippen LogP) is 3.51. The van der Waals surface area contributed by atoms with Crippen LogP contribution in [0.5, 0.6) is 0 Å². The Morgan fingerprint density at radius 2 is 1.93 bits per heavy atom. The summed E-state index contributed by atoms with van der Waals surface area (Å²) in [7, 11) is -3.59. The zero-order valence-corrected chi connectivity index (χ0v) is 15.0. The highest BCUT2D eigenvalue weighted by molar-refractivity contribution is 7.91. The van der Waals surface area contributed by atoms with Gasteiger partial charge < -0.3 is 0 Å². The first kappa shape index (κ1) is 17.9. The minimum Gasteiger partial charge on any atom is -0.251 e. The van der Waals surface area contributed by atoms with Crippen LogP contribution in [-0.4, -0.2) is 33.9 Å². The van der Waals surface area contributed by atoms with E-state index < -0.39 is 21.7 Å². The number of nitrogens with zero attached hydrogens (tertiary/aromatic N) is 4. The molecule has 4 rings (SSSR count). The highest BCUT2D eigenvalue weighted by atomic mass is 32.2. The maximum absolute atomic E-state index is 12.8. The van der Waals surface area contributed by atoms with Crippen molar-refractivity contribution in [1.29, 1.82) is 0 Å². The fraction of sp³-hybridized carbons (Fsp3) is 0.353. The smallest absolute Gasteiger partial charge is 0.251 e. The fourth-order valence-electron chi connectivity index (χ4n) is 2.83. The van der Waals surface area contributed by atoms with E-state index in [0.717, 1.165) is 30.7 Å². The molecule has 3 aromatic rings. The van der Waals surface area contributed by atoms with Gasteiger partial charge in [-0.05, 0) is 36.5 Å². The van der Waals surface area contributed by atoms with E-state index in [4.69, 9.17) is 0 Å². The van der Waals surface area contributed by atoms with Crippen molar-refractivity contribution >= 4 is 20.7 Å². The van der Waals surface area contributed by atoms with Crippen molar-refractivity contribution in [3.8, 4) is 5.82 Å². The molecule has 0 atom stereocenters. The van der Waals surface area contributed by atoms with Gasteiger partial charge in [0, 0.05) is 24.0 Å². The summed E-state index contributed by atoms with van der Waals surface area (Å²) in [5, 5.41) is 4.46. The summed E-state index contributed by atoms with van der Waals surface area (Å²) < 4.78 is 64.8. The Kier molecular flexibility index (Phi) is 3.99. The van der Waals surface area contributed by atoms with Crippen LogP contribution in [0.25, 0.3) is 16.7 Å². The number of rotatable bonds is 4. The third-order valence-corrected chi connectivity index (χ3v) is 6.24. The lowest BCUT2D eigenvalue weighted by atomic mass is 10.2. The molecule has 1 aliphatic rings. The van der Waals surface area contributed by atoms with Gasteiger partial charge in [0.15, 0.2) is 15.7 Å². The van der Waals surface area contributed by atoms with Gasteiger partial charge in [0.2, 0.25) is 0 Å². The number of aromatic nitrogens is 4. The summed E-state index contributed by atoms with van der Waals surface area (Å²) >= 11 is 0. The number of alkyl halides is 3. The highest BCUT2D eigenvalue weighted by Gasteiger charge is 2.33. The second-order valence-electron chi connectivity index (χ2n) is 6.47. The monoisotopic (exact) mass is 396 g/mol. The number of hydrogen-bond acceptors (Lipinski definition) is 5. The van der Waals surface area contributed by atoms with Crippen LogP contribution in [0.2, 0.25) is 0 Å². The van der Waals surface area contributed by atoms with Crippen molar-refractivity contribution in [2.45, 2.75) is 36.8 Å². The summed E-state index contributed by atoms with van der Waals surface area (Å²) in [5.41, 5.74) is -0.146. The van der Waals surface area contributed by atoms with Crippen molar-refractivity contribution in [3.05, 3.63) is 42.0 Å². The molecule has 10 heteroatoms. The lowest BCUT2D eigenvalue weighted by Crippen LogP contribution is -2.12. The SMILES string of the molecule is CCS(=O)(=O)c1cc(C2CC2)cnc1-n1cc2cnc(C(F)(F)F)cc2n1. The number of pyridine rings is 2. The number of hydrogen-bond donors (Lipinski definition) is 0. The first-order valence-electron chi connectivity index (χ1n) is 8.35. The Morgan fingerprint density at radius 1 is 1.19 bits per heavy atom. The van der Waals surface area contributed by atoms with Crippen molar-refractivity contribution in [1.82, 2.24) is 19.7 Å².